The van der Waals surface area contributed by atoms with Gasteiger partial charge in [0.2, 0.25) is 0 Å². The summed E-state index contributed by atoms with van der Waals surface area (Å²) in [6, 6.07) is 13.1. The van der Waals surface area contributed by atoms with Crippen molar-refractivity contribution in [3.8, 4) is 28.8 Å². The summed E-state index contributed by atoms with van der Waals surface area (Å²) >= 11 is 1.29. The molecular weight excluding hydrogens is 366 g/mol. The summed E-state index contributed by atoms with van der Waals surface area (Å²) in [6.07, 6.45) is 1.47. The van der Waals surface area contributed by atoms with E-state index in [1.165, 1.54) is 23.5 Å². The van der Waals surface area contributed by atoms with Crippen LogP contribution < -0.4 is 9.84 Å². The molecule has 7 nitrogen and oxygen atoms in total. The average Bonchev–Trinajstić information content (AvgIpc) is 3.17. The van der Waals surface area contributed by atoms with Crippen molar-refractivity contribution in [2.75, 3.05) is 7.11 Å². The van der Waals surface area contributed by atoms with Gasteiger partial charge in [-0.15, -0.1) is 11.3 Å². The first-order valence-electron chi connectivity index (χ1n) is 7.69. The number of aromatic nitrogens is 1. The molecule has 0 aliphatic heterocycles. The lowest BCUT2D eigenvalue weighted by molar-refractivity contribution is -0.398. The standard InChI is InChI=1S/C19H13N3O4S/c1-26-15-4-2-3-13(9-15)16-11-27-19(21-16)14(10-20)7-12-5-6-18(23)17(8-12)22(24)25/h2-9,11,23H,1H3/p-1. The van der Waals surface area contributed by atoms with Crippen LogP contribution in [-0.2, 0) is 0 Å². The maximum absolute atomic E-state index is 11.5. The first kappa shape index (κ1) is 18.1. The fourth-order valence-electron chi connectivity index (χ4n) is 2.39. The lowest BCUT2D eigenvalue weighted by Gasteiger charge is -2.06. The highest BCUT2D eigenvalue weighted by Gasteiger charge is 2.12. The summed E-state index contributed by atoms with van der Waals surface area (Å²) in [5.74, 6) is 0.0216. The number of rotatable bonds is 5. The number of hydrogen-bond acceptors (Lipinski definition) is 7. The smallest absolute Gasteiger partial charge is 0.262 e. The molecule has 0 aliphatic rings. The van der Waals surface area contributed by atoms with Crippen molar-refractivity contribution in [2.24, 2.45) is 0 Å². The van der Waals surface area contributed by atoms with Crippen LogP contribution in [0.5, 0.6) is 11.5 Å². The zero-order valence-electron chi connectivity index (χ0n) is 14.1. The van der Waals surface area contributed by atoms with Crippen molar-refractivity contribution in [3.05, 3.63) is 68.5 Å². The minimum Gasteiger partial charge on any atom is -0.868 e. The Balaban J connectivity index is 1.96. The number of nitro groups is 1. The highest BCUT2D eigenvalue weighted by atomic mass is 32.1. The van der Waals surface area contributed by atoms with E-state index >= 15 is 0 Å². The van der Waals surface area contributed by atoms with Gasteiger partial charge in [0.25, 0.3) is 5.69 Å². The van der Waals surface area contributed by atoms with Gasteiger partial charge in [-0.1, -0.05) is 24.3 Å². The van der Waals surface area contributed by atoms with Gasteiger partial charge >= 0.3 is 0 Å². The topological polar surface area (TPSA) is 112 Å². The Labute approximate surface area is 158 Å². The molecule has 2 aromatic carbocycles. The number of nitriles is 1. The van der Waals surface area contributed by atoms with Crippen LogP contribution in [0.4, 0.5) is 5.69 Å². The van der Waals surface area contributed by atoms with Crippen molar-refractivity contribution in [2.45, 2.75) is 0 Å². The van der Waals surface area contributed by atoms with E-state index in [9.17, 15) is 20.5 Å². The first-order chi connectivity index (χ1) is 13.0. The lowest BCUT2D eigenvalue weighted by atomic mass is 10.1. The van der Waals surface area contributed by atoms with Gasteiger partial charge in [0.15, 0.2) is 0 Å². The molecule has 27 heavy (non-hydrogen) atoms. The fraction of sp³-hybridized carbons (Fsp3) is 0.0526. The second-order valence-corrected chi connectivity index (χ2v) is 6.28. The van der Waals surface area contributed by atoms with Gasteiger partial charge in [-0.25, -0.2) is 4.98 Å². The maximum atomic E-state index is 11.5. The van der Waals surface area contributed by atoms with E-state index in [1.807, 2.05) is 29.6 Å². The molecule has 134 valence electrons. The molecule has 1 aromatic heterocycles. The SMILES string of the molecule is COc1cccc(-c2csc(C(C#N)=Cc3ccc([O-])c([N+](=O)[O-])c3)n2)c1. The Morgan fingerprint density at radius 1 is 1.33 bits per heavy atom. The summed E-state index contributed by atoms with van der Waals surface area (Å²) < 4.78 is 5.20. The third-order valence-corrected chi connectivity index (χ3v) is 4.59. The van der Waals surface area contributed by atoms with Gasteiger partial charge in [-0.2, -0.15) is 5.26 Å². The predicted molar refractivity (Wildman–Crippen MR) is 100 cm³/mol. The summed E-state index contributed by atoms with van der Waals surface area (Å²) in [5.41, 5.74) is 1.65. The monoisotopic (exact) mass is 378 g/mol. The van der Waals surface area contributed by atoms with Crippen LogP contribution in [-0.4, -0.2) is 17.0 Å². The normalized spacial score (nSPS) is 11.0. The number of methoxy groups -OCH3 is 1. The fourth-order valence-corrected chi connectivity index (χ4v) is 3.18. The number of nitro benzene ring substituents is 1. The highest BCUT2D eigenvalue weighted by Crippen LogP contribution is 2.30. The van der Waals surface area contributed by atoms with Crippen LogP contribution in [0.15, 0.2) is 47.8 Å². The number of allylic oxidation sites excluding steroid dienone is 1. The van der Waals surface area contributed by atoms with Crippen LogP contribution in [0.1, 0.15) is 10.6 Å². The van der Waals surface area contributed by atoms with Crippen molar-refractivity contribution in [3.63, 3.8) is 0 Å². The summed E-state index contributed by atoms with van der Waals surface area (Å²) in [5, 5.41) is 34.2. The van der Waals surface area contributed by atoms with Crippen molar-refractivity contribution in [1.29, 1.82) is 5.26 Å². The van der Waals surface area contributed by atoms with Gasteiger partial charge in [0.1, 0.15) is 16.8 Å². The Morgan fingerprint density at radius 3 is 2.85 bits per heavy atom. The molecule has 0 atom stereocenters. The van der Waals surface area contributed by atoms with E-state index in [0.29, 0.717) is 22.0 Å². The molecular formula is C19H12N3O4S-. The molecule has 0 unspecified atom stereocenters. The van der Waals surface area contributed by atoms with Crippen LogP contribution in [0, 0.1) is 21.4 Å². The van der Waals surface area contributed by atoms with E-state index in [0.717, 1.165) is 17.7 Å². The van der Waals surface area contributed by atoms with Crippen LogP contribution >= 0.6 is 11.3 Å². The van der Waals surface area contributed by atoms with Crippen LogP contribution in [0.3, 0.4) is 0 Å². The molecule has 0 N–H and O–H groups in total. The van der Waals surface area contributed by atoms with Crippen molar-refractivity contribution < 1.29 is 14.8 Å². The molecule has 0 saturated carbocycles. The Morgan fingerprint density at radius 2 is 2.15 bits per heavy atom. The largest absolute Gasteiger partial charge is 0.868 e. The molecule has 3 rings (SSSR count). The Hall–Kier alpha value is -3.70. The van der Waals surface area contributed by atoms with Crippen LogP contribution in [0.25, 0.3) is 22.9 Å². The third kappa shape index (κ3) is 3.94. The van der Waals surface area contributed by atoms with Crippen molar-refractivity contribution in [1.82, 2.24) is 4.98 Å². The van der Waals surface area contributed by atoms with Gasteiger partial charge in [0, 0.05) is 17.0 Å². The second kappa shape index (κ2) is 7.68. The van der Waals surface area contributed by atoms with Gasteiger partial charge < -0.3 is 9.84 Å². The van der Waals surface area contributed by atoms with E-state index in [1.54, 1.807) is 7.11 Å². The van der Waals surface area contributed by atoms with Crippen LogP contribution in [0.2, 0.25) is 0 Å². The molecule has 0 fully saturated rings. The summed E-state index contributed by atoms with van der Waals surface area (Å²) in [7, 11) is 1.58. The Bertz CT molecular complexity index is 1080. The molecule has 0 aliphatic carbocycles. The molecule has 1 heterocycles. The molecule has 3 aromatic rings. The van der Waals surface area contributed by atoms with E-state index in [4.69, 9.17) is 4.74 Å². The zero-order valence-corrected chi connectivity index (χ0v) is 14.9. The van der Waals surface area contributed by atoms with Gasteiger partial charge in [-0.3, -0.25) is 10.1 Å². The van der Waals surface area contributed by atoms with E-state index in [-0.39, 0.29) is 5.57 Å². The predicted octanol–water partition coefficient (Wildman–Crippen LogP) is 3.86. The molecule has 0 bridgehead atoms. The summed E-state index contributed by atoms with van der Waals surface area (Å²) in [6.45, 7) is 0. The average molecular weight is 378 g/mol. The third-order valence-electron chi connectivity index (χ3n) is 3.71. The molecule has 0 saturated heterocycles. The second-order valence-electron chi connectivity index (χ2n) is 5.42. The molecule has 8 heteroatoms. The Kier molecular flexibility index (Phi) is 5.15. The summed E-state index contributed by atoms with van der Waals surface area (Å²) in [4.78, 5) is 14.6. The van der Waals surface area contributed by atoms with Crippen molar-refractivity contribution >= 4 is 28.7 Å². The maximum Gasteiger partial charge on any atom is 0.262 e. The molecule has 0 spiro atoms. The van der Waals surface area contributed by atoms with Gasteiger partial charge in [-0.05, 0) is 29.5 Å². The van der Waals surface area contributed by atoms with E-state index < -0.39 is 16.4 Å². The highest BCUT2D eigenvalue weighted by molar-refractivity contribution is 7.11. The lowest BCUT2D eigenvalue weighted by Crippen LogP contribution is -1.97. The minimum atomic E-state index is -0.740. The van der Waals surface area contributed by atoms with Gasteiger partial charge in [0.05, 0.1) is 23.3 Å². The van der Waals surface area contributed by atoms with E-state index in [2.05, 4.69) is 11.1 Å². The zero-order chi connectivity index (χ0) is 19.4. The first-order valence-corrected chi connectivity index (χ1v) is 8.57. The quantitative estimate of drug-likeness (QED) is 0.378. The number of nitrogens with zero attached hydrogens (tertiary/aromatic N) is 3. The number of benzene rings is 2. The number of hydrogen-bond donors (Lipinski definition) is 0. The molecule has 0 radical (unpaired) electrons. The number of ether oxygens (including phenoxy) is 1. The molecule has 0 amide bonds. The number of thiazole rings is 1. The minimum absolute atomic E-state index is 0.252.